The fraction of sp³-hybridized carbons (Fsp3) is 0.250. The average molecular weight is 254 g/mol. The van der Waals surface area contributed by atoms with Gasteiger partial charge in [0.15, 0.2) is 0 Å². The minimum atomic E-state index is -0.415. The van der Waals surface area contributed by atoms with E-state index >= 15 is 0 Å². The topological polar surface area (TPSA) is 35.5 Å². The molecule has 3 nitrogen and oxygen atoms in total. The van der Waals surface area contributed by atoms with Crippen molar-refractivity contribution in [3.8, 4) is 24.7 Å². The number of ether oxygens (including phenoxy) is 1. The Bertz CT molecular complexity index is 500. The smallest absolute Gasteiger partial charge is 0.126 e. The van der Waals surface area contributed by atoms with Crippen LogP contribution in [0.5, 0.6) is 0 Å². The second kappa shape index (κ2) is 6.54. The molecule has 0 N–H and O–H groups in total. The molecule has 0 saturated carbocycles. The van der Waals surface area contributed by atoms with Gasteiger partial charge < -0.3 is 13.6 Å². The van der Waals surface area contributed by atoms with Crippen LogP contribution in [0.1, 0.15) is 11.5 Å². The lowest BCUT2D eigenvalue weighted by atomic mass is 10.2. The van der Waals surface area contributed by atoms with E-state index in [-0.39, 0.29) is 0 Å². The number of rotatable bonds is 6. The number of terminal acetylenes is 2. The van der Waals surface area contributed by atoms with Gasteiger partial charge in [-0.05, 0) is 24.3 Å². The van der Waals surface area contributed by atoms with E-state index in [4.69, 9.17) is 26.4 Å². The third-order valence-corrected chi connectivity index (χ3v) is 2.63. The Morgan fingerprint density at radius 2 is 1.42 bits per heavy atom. The molecule has 0 saturated heterocycles. The summed E-state index contributed by atoms with van der Waals surface area (Å²) >= 11 is 0. The molecule has 2 rings (SSSR count). The second-order valence-corrected chi connectivity index (χ2v) is 4.01. The summed E-state index contributed by atoms with van der Waals surface area (Å²) < 4.78 is 16.2. The lowest BCUT2D eigenvalue weighted by Crippen LogP contribution is -2.23. The van der Waals surface area contributed by atoms with Crippen LogP contribution in [0, 0.1) is 24.7 Å². The normalized spacial score (nSPS) is 13.4. The maximum Gasteiger partial charge on any atom is 0.126 e. The van der Waals surface area contributed by atoms with Crippen molar-refractivity contribution in [1.82, 2.24) is 0 Å². The van der Waals surface area contributed by atoms with Crippen LogP contribution >= 0.6 is 0 Å². The summed E-state index contributed by atoms with van der Waals surface area (Å²) in [4.78, 5) is 0. The zero-order valence-corrected chi connectivity index (χ0v) is 10.4. The Balaban J connectivity index is 1.93. The van der Waals surface area contributed by atoms with Crippen LogP contribution in [0.15, 0.2) is 45.6 Å². The Morgan fingerprint density at radius 1 is 0.947 bits per heavy atom. The van der Waals surface area contributed by atoms with Crippen LogP contribution in [-0.4, -0.2) is 12.2 Å². The van der Waals surface area contributed by atoms with Crippen LogP contribution in [0.25, 0.3) is 0 Å². The maximum atomic E-state index is 5.70. The van der Waals surface area contributed by atoms with Gasteiger partial charge in [0.1, 0.15) is 23.7 Å². The third kappa shape index (κ3) is 3.81. The van der Waals surface area contributed by atoms with Crippen molar-refractivity contribution in [3.05, 3.63) is 48.3 Å². The highest BCUT2D eigenvalue weighted by atomic mass is 16.5. The predicted octanol–water partition coefficient (Wildman–Crippen LogP) is 2.68. The van der Waals surface area contributed by atoms with E-state index in [1.165, 1.54) is 0 Å². The zero-order valence-electron chi connectivity index (χ0n) is 10.4. The molecule has 0 aliphatic rings. The first kappa shape index (κ1) is 13.1. The van der Waals surface area contributed by atoms with E-state index in [1.54, 1.807) is 12.5 Å². The summed E-state index contributed by atoms with van der Waals surface area (Å²) in [5.74, 6) is 6.70. The van der Waals surface area contributed by atoms with Crippen LogP contribution in [-0.2, 0) is 17.6 Å². The Hall–Kier alpha value is -2.36. The van der Waals surface area contributed by atoms with Crippen molar-refractivity contribution in [3.63, 3.8) is 0 Å². The second-order valence-electron chi connectivity index (χ2n) is 4.01. The highest BCUT2D eigenvalue weighted by Gasteiger charge is 2.16. The van der Waals surface area contributed by atoms with E-state index in [9.17, 15) is 0 Å². The lowest BCUT2D eigenvalue weighted by molar-refractivity contribution is 0.0478. The molecular weight excluding hydrogens is 240 g/mol. The minimum Gasteiger partial charge on any atom is -0.469 e. The predicted molar refractivity (Wildman–Crippen MR) is 71.2 cm³/mol. The van der Waals surface area contributed by atoms with Gasteiger partial charge in [0.05, 0.1) is 12.5 Å². The van der Waals surface area contributed by atoms with Gasteiger partial charge >= 0.3 is 0 Å². The summed E-state index contributed by atoms with van der Waals surface area (Å²) in [7, 11) is 0. The average Bonchev–Trinajstić information content (AvgIpc) is 3.10. The molecule has 0 aromatic carbocycles. The van der Waals surface area contributed by atoms with Crippen molar-refractivity contribution < 1.29 is 13.6 Å². The van der Waals surface area contributed by atoms with Gasteiger partial charge in [-0.2, -0.15) is 0 Å². The standard InChI is InChI=1S/C16H14O3/c1-3-13(11-15-7-5-9-17-15)19-14(4-2)12-16-8-6-10-18-16/h1-2,5-10,13-14H,11-12H2. The fourth-order valence-corrected chi connectivity index (χ4v) is 1.71. The van der Waals surface area contributed by atoms with Crippen LogP contribution < -0.4 is 0 Å². The first-order valence-corrected chi connectivity index (χ1v) is 5.94. The molecule has 0 radical (unpaired) electrons. The van der Waals surface area contributed by atoms with Gasteiger partial charge in [-0.1, -0.05) is 11.8 Å². The maximum absolute atomic E-state index is 5.70. The molecule has 0 amide bonds. The summed E-state index contributed by atoms with van der Waals surface area (Å²) in [6.45, 7) is 0. The summed E-state index contributed by atoms with van der Waals surface area (Å²) in [5, 5.41) is 0. The molecule has 0 bridgehead atoms. The summed E-state index contributed by atoms with van der Waals surface area (Å²) in [6, 6.07) is 7.32. The Kier molecular flexibility index (Phi) is 4.50. The molecule has 96 valence electrons. The first-order valence-electron chi connectivity index (χ1n) is 5.94. The molecule has 2 aromatic heterocycles. The van der Waals surface area contributed by atoms with Gasteiger partial charge in [0, 0.05) is 12.8 Å². The van der Waals surface area contributed by atoms with Crippen molar-refractivity contribution in [2.24, 2.45) is 0 Å². The van der Waals surface area contributed by atoms with E-state index < -0.39 is 12.2 Å². The number of furan rings is 2. The molecule has 0 aliphatic carbocycles. The monoisotopic (exact) mass is 254 g/mol. The SMILES string of the molecule is C#CC(Cc1ccco1)OC(C#C)Cc1ccco1. The third-order valence-electron chi connectivity index (χ3n) is 2.63. The van der Waals surface area contributed by atoms with Gasteiger partial charge in [0.25, 0.3) is 0 Å². The molecule has 0 spiro atoms. The molecule has 2 aromatic rings. The molecule has 3 heteroatoms. The highest BCUT2D eigenvalue weighted by molar-refractivity contribution is 5.10. The Morgan fingerprint density at radius 3 is 1.74 bits per heavy atom. The lowest BCUT2D eigenvalue weighted by Gasteiger charge is -2.16. The van der Waals surface area contributed by atoms with E-state index in [0.29, 0.717) is 12.8 Å². The first-order chi connectivity index (χ1) is 9.31. The van der Waals surface area contributed by atoms with Gasteiger partial charge in [-0.25, -0.2) is 0 Å². The van der Waals surface area contributed by atoms with Crippen molar-refractivity contribution in [1.29, 1.82) is 0 Å². The van der Waals surface area contributed by atoms with E-state index in [0.717, 1.165) is 11.5 Å². The summed E-state index contributed by atoms with van der Waals surface area (Å²) in [5.41, 5.74) is 0. The van der Waals surface area contributed by atoms with E-state index in [2.05, 4.69) is 11.8 Å². The fourth-order valence-electron chi connectivity index (χ4n) is 1.71. The number of hydrogen-bond acceptors (Lipinski definition) is 3. The molecule has 0 aliphatic heterocycles. The van der Waals surface area contributed by atoms with Gasteiger partial charge in [-0.15, -0.1) is 12.8 Å². The molecule has 2 atom stereocenters. The van der Waals surface area contributed by atoms with Crippen molar-refractivity contribution >= 4 is 0 Å². The number of hydrogen-bond donors (Lipinski definition) is 0. The van der Waals surface area contributed by atoms with Crippen LogP contribution in [0.2, 0.25) is 0 Å². The van der Waals surface area contributed by atoms with Crippen molar-refractivity contribution in [2.75, 3.05) is 0 Å². The largest absolute Gasteiger partial charge is 0.469 e. The van der Waals surface area contributed by atoms with Gasteiger partial charge in [-0.3, -0.25) is 0 Å². The van der Waals surface area contributed by atoms with Crippen LogP contribution in [0.4, 0.5) is 0 Å². The minimum absolute atomic E-state index is 0.415. The summed E-state index contributed by atoms with van der Waals surface area (Å²) in [6.07, 6.45) is 14.3. The van der Waals surface area contributed by atoms with Crippen molar-refractivity contribution in [2.45, 2.75) is 25.0 Å². The molecule has 2 unspecified atom stereocenters. The molecule has 19 heavy (non-hydrogen) atoms. The molecule has 0 fully saturated rings. The van der Waals surface area contributed by atoms with E-state index in [1.807, 2.05) is 24.3 Å². The highest BCUT2D eigenvalue weighted by Crippen LogP contribution is 2.12. The van der Waals surface area contributed by atoms with Gasteiger partial charge in [0.2, 0.25) is 0 Å². The molecule has 2 heterocycles. The molecular formula is C16H14O3. The zero-order chi connectivity index (χ0) is 13.5. The quantitative estimate of drug-likeness (QED) is 0.743. The Labute approximate surface area is 112 Å². The van der Waals surface area contributed by atoms with Crippen LogP contribution in [0.3, 0.4) is 0 Å².